The molecular weight excluding hydrogens is 358 g/mol. The zero-order valence-electron chi connectivity index (χ0n) is 15.9. The van der Waals surface area contributed by atoms with Crippen LogP contribution in [0.15, 0.2) is 48.5 Å². The largest absolute Gasteiger partial charge is 0.495 e. The van der Waals surface area contributed by atoms with E-state index in [1.165, 1.54) is 12.0 Å². The smallest absolute Gasteiger partial charge is 0.246 e. The molecule has 2 N–H and O–H groups in total. The molecule has 0 radical (unpaired) electrons. The van der Waals surface area contributed by atoms with E-state index in [9.17, 15) is 14.4 Å². The number of nitrogens with one attached hydrogen (secondary N) is 2. The second-order valence-electron chi connectivity index (χ2n) is 6.76. The van der Waals surface area contributed by atoms with Crippen molar-refractivity contribution in [2.24, 2.45) is 0 Å². The van der Waals surface area contributed by atoms with E-state index >= 15 is 0 Å². The topological polar surface area (TPSA) is 87.7 Å². The van der Waals surface area contributed by atoms with Crippen LogP contribution in [0, 0.1) is 6.92 Å². The molecule has 3 amide bonds. The standard InChI is InChI=1S/C21H23N3O4/c1-14-8-9-18(28-2)16(10-14)22-19(25)11-17-21(27)24(13-20(26)23-17)12-15-6-4-3-5-7-15/h3-10,17H,11-13H2,1-2H3,(H,22,25)(H,23,26). The van der Waals surface area contributed by atoms with E-state index in [-0.39, 0.29) is 30.7 Å². The van der Waals surface area contributed by atoms with Crippen molar-refractivity contribution >= 4 is 23.4 Å². The summed E-state index contributed by atoms with van der Waals surface area (Å²) >= 11 is 0. The Morgan fingerprint density at radius 2 is 1.96 bits per heavy atom. The third kappa shape index (κ3) is 4.68. The van der Waals surface area contributed by atoms with E-state index in [0.717, 1.165) is 11.1 Å². The highest BCUT2D eigenvalue weighted by molar-refractivity contribution is 6.00. The second kappa shape index (κ2) is 8.56. The first-order valence-corrected chi connectivity index (χ1v) is 9.03. The molecule has 2 aromatic carbocycles. The quantitative estimate of drug-likeness (QED) is 0.800. The van der Waals surface area contributed by atoms with Crippen LogP contribution in [-0.4, -0.2) is 42.3 Å². The summed E-state index contributed by atoms with van der Waals surface area (Å²) in [5.74, 6) is -0.385. The van der Waals surface area contributed by atoms with Crippen molar-refractivity contribution in [2.45, 2.75) is 25.9 Å². The Labute approximate surface area is 163 Å². The Morgan fingerprint density at radius 1 is 1.21 bits per heavy atom. The highest BCUT2D eigenvalue weighted by Gasteiger charge is 2.34. The van der Waals surface area contributed by atoms with Crippen LogP contribution in [0.5, 0.6) is 5.75 Å². The predicted molar refractivity (Wildman–Crippen MR) is 105 cm³/mol. The van der Waals surface area contributed by atoms with Crippen LogP contribution < -0.4 is 15.4 Å². The number of methoxy groups -OCH3 is 1. The maximum atomic E-state index is 12.7. The number of hydrogen-bond donors (Lipinski definition) is 2. The summed E-state index contributed by atoms with van der Waals surface area (Å²) in [6.07, 6.45) is -0.146. The number of aryl methyl sites for hydroxylation is 1. The van der Waals surface area contributed by atoms with Gasteiger partial charge in [-0.1, -0.05) is 36.4 Å². The summed E-state index contributed by atoms with van der Waals surface area (Å²) in [6, 6.07) is 14.0. The average Bonchev–Trinajstić information content (AvgIpc) is 2.66. The highest BCUT2D eigenvalue weighted by Crippen LogP contribution is 2.25. The third-order valence-corrected chi connectivity index (χ3v) is 4.51. The van der Waals surface area contributed by atoms with Gasteiger partial charge in [0, 0.05) is 6.54 Å². The van der Waals surface area contributed by atoms with Crippen molar-refractivity contribution in [3.63, 3.8) is 0 Å². The summed E-state index contributed by atoms with van der Waals surface area (Å²) in [6.45, 7) is 2.22. The van der Waals surface area contributed by atoms with Crippen molar-refractivity contribution < 1.29 is 19.1 Å². The molecule has 1 atom stereocenters. The number of rotatable bonds is 6. The summed E-state index contributed by atoms with van der Waals surface area (Å²) in [5.41, 5.74) is 2.42. The molecule has 146 valence electrons. The molecule has 7 heteroatoms. The van der Waals surface area contributed by atoms with Crippen molar-refractivity contribution in [3.05, 3.63) is 59.7 Å². The first kappa shape index (κ1) is 19.4. The molecule has 7 nitrogen and oxygen atoms in total. The molecule has 1 aliphatic heterocycles. The summed E-state index contributed by atoms with van der Waals surface area (Å²) < 4.78 is 5.25. The summed E-state index contributed by atoms with van der Waals surface area (Å²) in [4.78, 5) is 38.8. The van der Waals surface area contributed by atoms with Crippen molar-refractivity contribution in [1.82, 2.24) is 10.2 Å². The van der Waals surface area contributed by atoms with Crippen LogP contribution in [0.1, 0.15) is 17.5 Å². The van der Waals surface area contributed by atoms with Crippen molar-refractivity contribution in [1.29, 1.82) is 0 Å². The van der Waals surface area contributed by atoms with Gasteiger partial charge in [0.1, 0.15) is 11.8 Å². The van der Waals surface area contributed by atoms with Crippen LogP contribution in [0.2, 0.25) is 0 Å². The predicted octanol–water partition coefficient (Wildman–Crippen LogP) is 1.86. The lowest BCUT2D eigenvalue weighted by molar-refractivity contribution is -0.145. The van der Waals surface area contributed by atoms with Crippen molar-refractivity contribution in [3.8, 4) is 5.75 Å². The number of carbonyl (C=O) groups is 3. The molecule has 0 bridgehead atoms. The molecule has 0 aromatic heterocycles. The van der Waals surface area contributed by atoms with Gasteiger partial charge in [-0.3, -0.25) is 14.4 Å². The van der Waals surface area contributed by atoms with Gasteiger partial charge in [0.05, 0.1) is 25.8 Å². The van der Waals surface area contributed by atoms with Gasteiger partial charge >= 0.3 is 0 Å². The maximum absolute atomic E-state index is 12.7. The molecule has 1 saturated heterocycles. The lowest BCUT2D eigenvalue weighted by Gasteiger charge is -2.32. The van der Waals surface area contributed by atoms with Crippen LogP contribution >= 0.6 is 0 Å². The van der Waals surface area contributed by atoms with E-state index in [1.807, 2.05) is 43.3 Å². The van der Waals surface area contributed by atoms with E-state index in [2.05, 4.69) is 10.6 Å². The fourth-order valence-corrected chi connectivity index (χ4v) is 3.16. The molecule has 1 unspecified atom stereocenters. The third-order valence-electron chi connectivity index (χ3n) is 4.51. The van der Waals surface area contributed by atoms with Gasteiger partial charge in [-0.2, -0.15) is 0 Å². The first-order valence-electron chi connectivity index (χ1n) is 9.03. The number of nitrogens with zero attached hydrogens (tertiary/aromatic N) is 1. The summed E-state index contributed by atoms with van der Waals surface area (Å²) in [5, 5.41) is 5.38. The molecule has 1 fully saturated rings. The van der Waals surface area contributed by atoms with Gasteiger partial charge in [0.25, 0.3) is 0 Å². The Morgan fingerprint density at radius 3 is 2.68 bits per heavy atom. The van der Waals surface area contributed by atoms with Gasteiger partial charge in [-0.25, -0.2) is 0 Å². The minimum atomic E-state index is -0.888. The van der Waals surface area contributed by atoms with Gasteiger partial charge in [-0.15, -0.1) is 0 Å². The minimum Gasteiger partial charge on any atom is -0.495 e. The van der Waals surface area contributed by atoms with Crippen LogP contribution in [0.25, 0.3) is 0 Å². The Balaban J connectivity index is 1.67. The number of anilines is 1. The fraction of sp³-hybridized carbons (Fsp3) is 0.286. The molecule has 0 aliphatic carbocycles. The van der Waals surface area contributed by atoms with Gasteiger partial charge < -0.3 is 20.3 Å². The molecule has 0 saturated carbocycles. The zero-order valence-corrected chi connectivity index (χ0v) is 15.9. The Bertz CT molecular complexity index is 882. The number of ether oxygens (including phenoxy) is 1. The molecule has 1 heterocycles. The molecule has 3 rings (SSSR count). The molecule has 2 aromatic rings. The number of carbonyl (C=O) groups excluding carboxylic acids is 3. The lowest BCUT2D eigenvalue weighted by atomic mass is 10.1. The lowest BCUT2D eigenvalue weighted by Crippen LogP contribution is -2.58. The number of amides is 3. The normalized spacial score (nSPS) is 16.5. The minimum absolute atomic E-state index is 0.0163. The summed E-state index contributed by atoms with van der Waals surface area (Å²) in [7, 11) is 1.52. The Kier molecular flexibility index (Phi) is 5.93. The number of piperazine rings is 1. The highest BCUT2D eigenvalue weighted by atomic mass is 16.5. The van der Waals surface area contributed by atoms with E-state index in [4.69, 9.17) is 4.74 Å². The SMILES string of the molecule is COc1ccc(C)cc1NC(=O)CC1NC(=O)CN(Cc2ccccc2)C1=O. The zero-order chi connectivity index (χ0) is 20.1. The van der Waals surface area contributed by atoms with Gasteiger partial charge in [-0.05, 0) is 30.2 Å². The van der Waals surface area contributed by atoms with E-state index in [1.54, 1.807) is 12.1 Å². The van der Waals surface area contributed by atoms with Crippen LogP contribution in [-0.2, 0) is 20.9 Å². The van der Waals surface area contributed by atoms with Gasteiger partial charge in [0.2, 0.25) is 17.7 Å². The fourth-order valence-electron chi connectivity index (χ4n) is 3.16. The Hall–Kier alpha value is -3.35. The average molecular weight is 381 g/mol. The molecule has 1 aliphatic rings. The molecular formula is C21H23N3O4. The first-order chi connectivity index (χ1) is 13.5. The molecule has 0 spiro atoms. The van der Waals surface area contributed by atoms with Crippen LogP contribution in [0.3, 0.4) is 0 Å². The number of benzene rings is 2. The molecule has 28 heavy (non-hydrogen) atoms. The van der Waals surface area contributed by atoms with E-state index < -0.39 is 6.04 Å². The monoisotopic (exact) mass is 381 g/mol. The van der Waals surface area contributed by atoms with Crippen molar-refractivity contribution in [2.75, 3.05) is 19.0 Å². The van der Waals surface area contributed by atoms with E-state index in [0.29, 0.717) is 18.0 Å². The van der Waals surface area contributed by atoms with Gasteiger partial charge in [0.15, 0.2) is 0 Å². The van der Waals surface area contributed by atoms with Crippen LogP contribution in [0.4, 0.5) is 5.69 Å². The number of hydrogen-bond acceptors (Lipinski definition) is 4. The maximum Gasteiger partial charge on any atom is 0.246 e. The second-order valence-corrected chi connectivity index (χ2v) is 6.76.